The first-order valence-corrected chi connectivity index (χ1v) is 7.14. The van der Waals surface area contributed by atoms with Crippen molar-refractivity contribution in [2.24, 2.45) is 0 Å². The van der Waals surface area contributed by atoms with E-state index in [2.05, 4.69) is 15.9 Å². The van der Waals surface area contributed by atoms with Crippen molar-refractivity contribution in [2.75, 3.05) is 19.1 Å². The number of hydrogen-bond acceptors (Lipinski definition) is 3. The van der Waals surface area contributed by atoms with Crippen LogP contribution in [0.15, 0.2) is 46.9 Å². The maximum absolute atomic E-state index is 13.3. The SMILES string of the molecule is COC(=O)c1ccccc1N(C)Cc1ccc(F)c(Br)c1. The molecule has 0 heterocycles. The van der Waals surface area contributed by atoms with Gasteiger partial charge in [-0.25, -0.2) is 9.18 Å². The first kappa shape index (κ1) is 15.5. The predicted octanol–water partition coefficient (Wildman–Crippen LogP) is 4.01. The van der Waals surface area contributed by atoms with Gasteiger partial charge in [-0.1, -0.05) is 18.2 Å². The van der Waals surface area contributed by atoms with Crippen molar-refractivity contribution in [3.8, 4) is 0 Å². The molecule has 0 bridgehead atoms. The molecule has 3 nitrogen and oxygen atoms in total. The Bertz CT molecular complexity index is 660. The van der Waals surface area contributed by atoms with Crippen molar-refractivity contribution in [3.05, 3.63) is 63.9 Å². The van der Waals surface area contributed by atoms with Gasteiger partial charge in [0.2, 0.25) is 0 Å². The Balaban J connectivity index is 2.26. The van der Waals surface area contributed by atoms with Crippen molar-refractivity contribution in [2.45, 2.75) is 6.54 Å². The minimum Gasteiger partial charge on any atom is -0.465 e. The molecule has 0 unspecified atom stereocenters. The highest BCUT2D eigenvalue weighted by molar-refractivity contribution is 9.10. The summed E-state index contributed by atoms with van der Waals surface area (Å²) in [7, 11) is 3.23. The predicted molar refractivity (Wildman–Crippen MR) is 84.0 cm³/mol. The summed E-state index contributed by atoms with van der Waals surface area (Å²) >= 11 is 3.17. The second-order valence-corrected chi connectivity index (χ2v) is 5.47. The lowest BCUT2D eigenvalue weighted by molar-refractivity contribution is 0.0601. The molecule has 0 radical (unpaired) electrons. The van der Waals surface area contributed by atoms with Gasteiger partial charge in [0.25, 0.3) is 0 Å². The van der Waals surface area contributed by atoms with E-state index in [0.29, 0.717) is 16.6 Å². The van der Waals surface area contributed by atoms with Gasteiger partial charge in [-0.15, -0.1) is 0 Å². The molecule has 0 spiro atoms. The number of halogens is 2. The average molecular weight is 352 g/mol. The number of hydrogen-bond donors (Lipinski definition) is 0. The van der Waals surface area contributed by atoms with Crippen LogP contribution < -0.4 is 4.90 Å². The first-order chi connectivity index (χ1) is 10.0. The van der Waals surface area contributed by atoms with Gasteiger partial charge >= 0.3 is 5.97 Å². The van der Waals surface area contributed by atoms with E-state index < -0.39 is 0 Å². The Morgan fingerprint density at radius 1 is 1.29 bits per heavy atom. The van der Waals surface area contributed by atoms with Gasteiger partial charge in [0.15, 0.2) is 0 Å². The molecule has 0 aliphatic heterocycles. The number of esters is 1. The molecule has 0 fully saturated rings. The quantitative estimate of drug-likeness (QED) is 0.779. The fraction of sp³-hybridized carbons (Fsp3) is 0.188. The van der Waals surface area contributed by atoms with E-state index in [1.54, 1.807) is 24.3 Å². The monoisotopic (exact) mass is 351 g/mol. The summed E-state index contributed by atoms with van der Waals surface area (Å²) in [5.74, 6) is -0.672. The van der Waals surface area contributed by atoms with Crippen molar-refractivity contribution < 1.29 is 13.9 Å². The maximum atomic E-state index is 13.3. The Hall–Kier alpha value is -1.88. The van der Waals surface area contributed by atoms with Crippen LogP contribution in [-0.2, 0) is 11.3 Å². The van der Waals surface area contributed by atoms with Crippen molar-refractivity contribution in [1.82, 2.24) is 0 Å². The van der Waals surface area contributed by atoms with Crippen LogP contribution in [0.2, 0.25) is 0 Å². The third kappa shape index (κ3) is 3.61. The fourth-order valence-corrected chi connectivity index (χ4v) is 2.51. The van der Waals surface area contributed by atoms with Gasteiger partial charge in [0.1, 0.15) is 5.82 Å². The Morgan fingerprint density at radius 2 is 2.00 bits per heavy atom. The molecular weight excluding hydrogens is 337 g/mol. The van der Waals surface area contributed by atoms with Crippen LogP contribution in [0.25, 0.3) is 0 Å². The molecule has 0 N–H and O–H groups in total. The van der Waals surface area contributed by atoms with Gasteiger partial charge in [-0.05, 0) is 45.8 Å². The number of ether oxygens (including phenoxy) is 1. The van der Waals surface area contributed by atoms with Crippen molar-refractivity contribution >= 4 is 27.6 Å². The van der Waals surface area contributed by atoms with Crippen LogP contribution in [0, 0.1) is 5.82 Å². The molecule has 0 aliphatic carbocycles. The van der Waals surface area contributed by atoms with E-state index in [0.717, 1.165) is 11.3 Å². The molecule has 2 aromatic rings. The zero-order valence-corrected chi connectivity index (χ0v) is 13.4. The number of carbonyl (C=O) groups is 1. The van der Waals surface area contributed by atoms with E-state index in [1.807, 2.05) is 24.1 Å². The molecule has 0 aromatic heterocycles. The average Bonchev–Trinajstić information content (AvgIpc) is 2.50. The lowest BCUT2D eigenvalue weighted by Gasteiger charge is -2.22. The van der Waals surface area contributed by atoms with Crippen molar-refractivity contribution in [1.29, 1.82) is 0 Å². The number of rotatable bonds is 4. The third-order valence-corrected chi connectivity index (χ3v) is 3.73. The van der Waals surface area contributed by atoms with Crippen LogP contribution in [0.3, 0.4) is 0 Å². The molecule has 0 amide bonds. The van der Waals surface area contributed by atoms with Gasteiger partial charge < -0.3 is 9.64 Å². The molecule has 0 aliphatic rings. The highest BCUT2D eigenvalue weighted by atomic mass is 79.9. The molecule has 0 saturated carbocycles. The standard InChI is InChI=1S/C16H15BrFNO2/c1-19(10-11-7-8-14(18)13(17)9-11)15-6-4-3-5-12(15)16(20)21-2/h3-9H,10H2,1-2H3. The highest BCUT2D eigenvalue weighted by Crippen LogP contribution is 2.23. The molecule has 0 saturated heterocycles. The van der Waals surface area contributed by atoms with Crippen LogP contribution in [0.5, 0.6) is 0 Å². The second-order valence-electron chi connectivity index (χ2n) is 4.61. The summed E-state index contributed by atoms with van der Waals surface area (Å²) in [4.78, 5) is 13.7. The van der Waals surface area contributed by atoms with E-state index in [1.165, 1.54) is 13.2 Å². The molecule has 2 aromatic carbocycles. The third-order valence-electron chi connectivity index (χ3n) is 3.12. The topological polar surface area (TPSA) is 29.5 Å². The van der Waals surface area contributed by atoms with Crippen molar-refractivity contribution in [3.63, 3.8) is 0 Å². The normalized spacial score (nSPS) is 10.3. The largest absolute Gasteiger partial charge is 0.465 e. The van der Waals surface area contributed by atoms with E-state index in [-0.39, 0.29) is 11.8 Å². The van der Waals surface area contributed by atoms with E-state index in [4.69, 9.17) is 4.74 Å². The molecule has 5 heteroatoms. The van der Waals surface area contributed by atoms with E-state index >= 15 is 0 Å². The number of methoxy groups -OCH3 is 1. The fourth-order valence-electron chi connectivity index (χ4n) is 2.09. The second kappa shape index (κ2) is 6.72. The zero-order valence-electron chi connectivity index (χ0n) is 11.8. The Kier molecular flexibility index (Phi) is 4.96. The number of nitrogens with zero attached hydrogens (tertiary/aromatic N) is 1. The summed E-state index contributed by atoms with van der Waals surface area (Å²) in [6.45, 7) is 0.548. The van der Waals surface area contributed by atoms with E-state index in [9.17, 15) is 9.18 Å². The number of anilines is 1. The summed E-state index contributed by atoms with van der Waals surface area (Å²) in [6.07, 6.45) is 0. The summed E-state index contributed by atoms with van der Waals surface area (Å²) in [6, 6.07) is 12.1. The highest BCUT2D eigenvalue weighted by Gasteiger charge is 2.14. The molecular formula is C16H15BrFNO2. The summed E-state index contributed by atoms with van der Waals surface area (Å²) in [5, 5.41) is 0. The Labute approximate surface area is 131 Å². The summed E-state index contributed by atoms with van der Waals surface area (Å²) < 4.78 is 18.5. The smallest absolute Gasteiger partial charge is 0.339 e. The molecule has 110 valence electrons. The number of para-hydroxylation sites is 1. The van der Waals surface area contributed by atoms with Crippen LogP contribution in [0.4, 0.5) is 10.1 Å². The first-order valence-electron chi connectivity index (χ1n) is 6.35. The minimum atomic E-state index is -0.377. The van der Waals surface area contributed by atoms with Gasteiger partial charge in [-0.3, -0.25) is 0 Å². The summed E-state index contributed by atoms with van der Waals surface area (Å²) in [5.41, 5.74) is 2.21. The van der Waals surface area contributed by atoms with Crippen LogP contribution in [-0.4, -0.2) is 20.1 Å². The lowest BCUT2D eigenvalue weighted by Crippen LogP contribution is -2.19. The molecule has 2 rings (SSSR count). The minimum absolute atomic E-state index is 0.295. The van der Waals surface area contributed by atoms with Gasteiger partial charge in [0.05, 0.1) is 22.8 Å². The van der Waals surface area contributed by atoms with Gasteiger partial charge in [-0.2, -0.15) is 0 Å². The molecule has 0 atom stereocenters. The lowest BCUT2D eigenvalue weighted by atomic mass is 10.1. The number of benzene rings is 2. The molecule has 21 heavy (non-hydrogen) atoms. The van der Waals surface area contributed by atoms with Crippen LogP contribution >= 0.6 is 15.9 Å². The Morgan fingerprint density at radius 3 is 2.67 bits per heavy atom. The van der Waals surface area contributed by atoms with Crippen LogP contribution in [0.1, 0.15) is 15.9 Å². The maximum Gasteiger partial charge on any atom is 0.339 e. The number of carbonyl (C=O) groups excluding carboxylic acids is 1. The van der Waals surface area contributed by atoms with Gasteiger partial charge in [0, 0.05) is 13.6 Å². The zero-order chi connectivity index (χ0) is 15.4.